The molecule has 2 heterocycles. The molecule has 3 nitrogen and oxygen atoms in total. The van der Waals surface area contributed by atoms with E-state index in [4.69, 9.17) is 0 Å². The zero-order valence-corrected chi connectivity index (χ0v) is 16.1. The lowest BCUT2D eigenvalue weighted by Crippen LogP contribution is -2.39. The molecule has 1 unspecified atom stereocenters. The average Bonchev–Trinajstić information content (AvgIpc) is 3.03. The lowest BCUT2D eigenvalue weighted by atomic mass is 9.93. The first-order valence-electron chi connectivity index (χ1n) is 9.11. The molecule has 134 valence electrons. The van der Waals surface area contributed by atoms with Gasteiger partial charge in [0.2, 0.25) is 0 Å². The fourth-order valence-electron chi connectivity index (χ4n) is 3.86. The number of carboxylic acids is 1. The zero-order valence-electron chi connectivity index (χ0n) is 15.3. The molecular formula is C21H27NO2S. The highest BCUT2D eigenvalue weighted by molar-refractivity contribution is 7.12. The summed E-state index contributed by atoms with van der Waals surface area (Å²) >= 11 is 1.89. The number of rotatable bonds is 5. The third kappa shape index (κ3) is 4.13. The van der Waals surface area contributed by atoms with Gasteiger partial charge in [-0.2, -0.15) is 0 Å². The molecule has 1 aliphatic rings. The zero-order chi connectivity index (χ0) is 18.0. The van der Waals surface area contributed by atoms with Crippen LogP contribution in [0.2, 0.25) is 0 Å². The summed E-state index contributed by atoms with van der Waals surface area (Å²) in [6.07, 6.45) is 2.54. The Kier molecular flexibility index (Phi) is 5.60. The minimum Gasteiger partial charge on any atom is -0.481 e. The number of carboxylic acid groups (broad SMARTS) is 1. The number of aliphatic carboxylic acids is 1. The third-order valence-electron chi connectivity index (χ3n) is 5.10. The predicted octanol–water partition coefficient (Wildman–Crippen LogP) is 4.81. The number of benzene rings is 1. The van der Waals surface area contributed by atoms with Crippen LogP contribution >= 0.6 is 11.3 Å². The molecule has 1 N–H and O–H groups in total. The smallest absolute Gasteiger partial charge is 0.306 e. The summed E-state index contributed by atoms with van der Waals surface area (Å²) in [5, 5.41) is 9.29. The second kappa shape index (κ2) is 7.71. The summed E-state index contributed by atoms with van der Waals surface area (Å²) in [6, 6.07) is 11.5. The van der Waals surface area contributed by atoms with Gasteiger partial charge in [0.05, 0.1) is 12.0 Å². The van der Waals surface area contributed by atoms with Crippen LogP contribution in [0, 0.1) is 19.8 Å². The highest BCUT2D eigenvalue weighted by atomic mass is 32.1. The van der Waals surface area contributed by atoms with E-state index in [0.29, 0.717) is 0 Å². The third-order valence-corrected chi connectivity index (χ3v) is 6.39. The van der Waals surface area contributed by atoms with Gasteiger partial charge in [0.25, 0.3) is 0 Å². The quantitative estimate of drug-likeness (QED) is 0.834. The van der Waals surface area contributed by atoms with E-state index in [9.17, 15) is 9.90 Å². The van der Waals surface area contributed by atoms with Crippen molar-refractivity contribution in [2.24, 2.45) is 5.92 Å². The Morgan fingerprint density at radius 3 is 2.36 bits per heavy atom. The minimum absolute atomic E-state index is 0.189. The van der Waals surface area contributed by atoms with Crippen LogP contribution in [0.25, 0.3) is 0 Å². The topological polar surface area (TPSA) is 40.5 Å². The predicted molar refractivity (Wildman–Crippen MR) is 103 cm³/mol. The van der Waals surface area contributed by atoms with Gasteiger partial charge >= 0.3 is 5.97 Å². The highest BCUT2D eigenvalue weighted by Gasteiger charge is 2.31. The van der Waals surface area contributed by atoms with Gasteiger partial charge in [-0.05, 0) is 63.9 Å². The van der Waals surface area contributed by atoms with Crippen molar-refractivity contribution in [2.45, 2.75) is 46.1 Å². The number of hydrogen-bond acceptors (Lipinski definition) is 3. The fraction of sp³-hybridized carbons (Fsp3) is 0.476. The van der Waals surface area contributed by atoms with E-state index in [1.54, 1.807) is 0 Å². The van der Waals surface area contributed by atoms with Crippen LogP contribution in [0.4, 0.5) is 0 Å². The van der Waals surface area contributed by atoms with Crippen molar-refractivity contribution in [1.29, 1.82) is 0 Å². The van der Waals surface area contributed by atoms with Crippen molar-refractivity contribution in [2.75, 3.05) is 13.1 Å². The van der Waals surface area contributed by atoms with Crippen molar-refractivity contribution < 1.29 is 9.90 Å². The Morgan fingerprint density at radius 2 is 1.84 bits per heavy atom. The number of aryl methyl sites for hydroxylation is 3. The second-order valence-corrected chi connectivity index (χ2v) is 8.33. The molecule has 1 aromatic carbocycles. The Morgan fingerprint density at radius 1 is 1.20 bits per heavy atom. The lowest BCUT2D eigenvalue weighted by molar-refractivity contribution is -0.143. The van der Waals surface area contributed by atoms with E-state index in [-0.39, 0.29) is 12.0 Å². The van der Waals surface area contributed by atoms with Crippen LogP contribution in [0.5, 0.6) is 0 Å². The number of thiophene rings is 1. The van der Waals surface area contributed by atoms with Crippen LogP contribution in [0.15, 0.2) is 30.3 Å². The Hall–Kier alpha value is -1.65. The molecule has 1 aromatic heterocycles. The molecule has 4 heteroatoms. The summed E-state index contributed by atoms with van der Waals surface area (Å²) in [7, 11) is 0. The van der Waals surface area contributed by atoms with E-state index in [0.717, 1.165) is 32.4 Å². The molecule has 0 saturated carbocycles. The Bertz CT molecular complexity index is 724. The molecule has 0 bridgehead atoms. The van der Waals surface area contributed by atoms with Crippen molar-refractivity contribution in [3.05, 3.63) is 56.8 Å². The molecule has 1 saturated heterocycles. The SMILES string of the molecule is CCc1ccc(C(c2cc(C)cc(C)c2)N2CCC(C(=O)O)CC2)s1. The molecule has 1 fully saturated rings. The number of hydrogen-bond donors (Lipinski definition) is 1. The van der Waals surface area contributed by atoms with Crippen LogP contribution in [0.1, 0.15) is 52.3 Å². The van der Waals surface area contributed by atoms with Gasteiger partial charge < -0.3 is 5.11 Å². The van der Waals surface area contributed by atoms with E-state index in [2.05, 4.69) is 56.0 Å². The van der Waals surface area contributed by atoms with Crippen molar-refractivity contribution in [1.82, 2.24) is 4.90 Å². The van der Waals surface area contributed by atoms with E-state index in [1.807, 2.05) is 11.3 Å². The molecule has 0 aliphatic carbocycles. The van der Waals surface area contributed by atoms with Crippen LogP contribution in [-0.2, 0) is 11.2 Å². The molecule has 3 rings (SSSR count). The summed E-state index contributed by atoms with van der Waals surface area (Å²) in [6.45, 7) is 8.17. The Labute approximate surface area is 154 Å². The van der Waals surface area contributed by atoms with E-state index >= 15 is 0 Å². The first-order chi connectivity index (χ1) is 12.0. The molecule has 2 aromatic rings. The van der Waals surface area contributed by atoms with Crippen molar-refractivity contribution >= 4 is 17.3 Å². The van der Waals surface area contributed by atoms with E-state index < -0.39 is 5.97 Å². The summed E-state index contributed by atoms with van der Waals surface area (Å²) < 4.78 is 0. The van der Waals surface area contributed by atoms with Crippen molar-refractivity contribution in [3.63, 3.8) is 0 Å². The second-order valence-electron chi connectivity index (χ2n) is 7.13. The van der Waals surface area contributed by atoms with Crippen LogP contribution in [-0.4, -0.2) is 29.1 Å². The minimum atomic E-state index is -0.646. The normalized spacial score (nSPS) is 17.6. The van der Waals surface area contributed by atoms with Gasteiger partial charge in [-0.3, -0.25) is 9.69 Å². The van der Waals surface area contributed by atoms with Crippen molar-refractivity contribution in [3.8, 4) is 0 Å². The Balaban J connectivity index is 1.93. The van der Waals surface area contributed by atoms with Gasteiger partial charge in [-0.25, -0.2) is 0 Å². The molecule has 0 amide bonds. The number of piperidine rings is 1. The maximum Gasteiger partial charge on any atom is 0.306 e. The molecule has 0 radical (unpaired) electrons. The number of likely N-dealkylation sites (tertiary alicyclic amines) is 1. The maximum absolute atomic E-state index is 11.3. The standard InChI is InChI=1S/C21H27NO2S/c1-4-18-5-6-19(25-18)20(17-12-14(2)11-15(3)13-17)22-9-7-16(8-10-22)21(23)24/h5-6,11-13,16,20H,4,7-10H2,1-3H3,(H,23,24). The van der Waals surface area contributed by atoms with Gasteiger partial charge in [0.15, 0.2) is 0 Å². The number of carbonyl (C=O) groups is 1. The lowest BCUT2D eigenvalue weighted by Gasteiger charge is -2.36. The van der Waals surface area contributed by atoms with Gasteiger partial charge in [0.1, 0.15) is 0 Å². The molecular weight excluding hydrogens is 330 g/mol. The van der Waals surface area contributed by atoms with Gasteiger partial charge in [-0.1, -0.05) is 36.2 Å². The van der Waals surface area contributed by atoms with Crippen LogP contribution < -0.4 is 0 Å². The summed E-state index contributed by atoms with van der Waals surface area (Å²) in [4.78, 5) is 16.5. The monoisotopic (exact) mass is 357 g/mol. The largest absolute Gasteiger partial charge is 0.481 e. The fourth-order valence-corrected chi connectivity index (χ4v) is 4.97. The van der Waals surface area contributed by atoms with Crippen LogP contribution in [0.3, 0.4) is 0 Å². The summed E-state index contributed by atoms with van der Waals surface area (Å²) in [5.41, 5.74) is 3.90. The molecule has 25 heavy (non-hydrogen) atoms. The molecule has 1 atom stereocenters. The highest BCUT2D eigenvalue weighted by Crippen LogP contribution is 2.37. The maximum atomic E-state index is 11.3. The van der Waals surface area contributed by atoms with Gasteiger partial charge in [-0.15, -0.1) is 11.3 Å². The summed E-state index contributed by atoms with van der Waals surface area (Å²) in [5.74, 6) is -0.835. The molecule has 1 aliphatic heterocycles. The van der Waals surface area contributed by atoms with E-state index in [1.165, 1.54) is 26.4 Å². The molecule has 0 spiro atoms. The first-order valence-corrected chi connectivity index (χ1v) is 9.93. The number of nitrogens with zero attached hydrogens (tertiary/aromatic N) is 1. The first kappa shape index (κ1) is 18.2. The average molecular weight is 358 g/mol. The van der Waals surface area contributed by atoms with Gasteiger partial charge in [0, 0.05) is 9.75 Å².